The van der Waals surface area contributed by atoms with Gasteiger partial charge in [-0.2, -0.15) is 0 Å². The van der Waals surface area contributed by atoms with Gasteiger partial charge in [0.1, 0.15) is 16.9 Å². The third-order valence-corrected chi connectivity index (χ3v) is 5.48. The van der Waals surface area contributed by atoms with E-state index in [1.54, 1.807) is 12.0 Å². The lowest BCUT2D eigenvalue weighted by Gasteiger charge is -2.32. The first-order valence-electron chi connectivity index (χ1n) is 9.20. The summed E-state index contributed by atoms with van der Waals surface area (Å²) in [5.74, 6) is 0.788. The van der Waals surface area contributed by atoms with Crippen molar-refractivity contribution in [3.63, 3.8) is 0 Å². The molecule has 1 aromatic carbocycles. The van der Waals surface area contributed by atoms with E-state index in [-0.39, 0.29) is 18.4 Å². The highest BCUT2D eigenvalue weighted by Gasteiger charge is 2.27. The number of anilines is 1. The average Bonchev–Trinajstić information content (AvgIpc) is 3.18. The topological polar surface area (TPSA) is 103 Å². The fraction of sp³-hybridized carbons (Fsp3) is 0.300. The van der Waals surface area contributed by atoms with Crippen molar-refractivity contribution in [1.82, 2.24) is 20.1 Å². The van der Waals surface area contributed by atoms with Gasteiger partial charge in [0.25, 0.3) is 0 Å². The maximum absolute atomic E-state index is 12.6. The molecule has 0 bridgehead atoms. The Bertz CT molecular complexity index is 992. The van der Waals surface area contributed by atoms with Gasteiger partial charge in [-0.3, -0.25) is 9.78 Å². The average molecular weight is 411 g/mol. The van der Waals surface area contributed by atoms with Crippen LogP contribution in [0, 0.1) is 0 Å². The second-order valence-corrected chi connectivity index (χ2v) is 7.71. The normalized spacial score (nSPS) is 16.6. The van der Waals surface area contributed by atoms with E-state index < -0.39 is 0 Å². The molecule has 9 heteroatoms. The first-order valence-corrected chi connectivity index (χ1v) is 10.0. The van der Waals surface area contributed by atoms with Crippen molar-refractivity contribution in [1.29, 1.82) is 0 Å². The van der Waals surface area contributed by atoms with Gasteiger partial charge in [0.2, 0.25) is 11.0 Å². The van der Waals surface area contributed by atoms with E-state index in [4.69, 9.17) is 15.2 Å². The fourth-order valence-electron chi connectivity index (χ4n) is 3.20. The van der Waals surface area contributed by atoms with Gasteiger partial charge in [-0.05, 0) is 23.8 Å². The molecule has 0 saturated carbocycles. The molecule has 1 saturated heterocycles. The van der Waals surface area contributed by atoms with Crippen LogP contribution in [0.1, 0.15) is 16.8 Å². The smallest absolute Gasteiger partial charge is 0.229 e. The number of nitrogen functional groups attached to an aromatic ring is 1. The number of ether oxygens (including phenoxy) is 2. The summed E-state index contributed by atoms with van der Waals surface area (Å²) in [7, 11) is 1.65. The Labute approximate surface area is 172 Å². The molecule has 4 rings (SSSR count). The Morgan fingerprint density at radius 3 is 2.93 bits per heavy atom. The molecule has 3 heterocycles. The Kier molecular flexibility index (Phi) is 5.68. The van der Waals surface area contributed by atoms with Gasteiger partial charge in [-0.25, -0.2) is 0 Å². The molecule has 29 heavy (non-hydrogen) atoms. The fourth-order valence-corrected chi connectivity index (χ4v) is 3.80. The predicted molar refractivity (Wildman–Crippen MR) is 110 cm³/mol. The standard InChI is InChI=1S/C20H21N5O3S/c1-27-15-4-2-3-13(9-15)14-5-6-16(22-11-14)17-12-25(7-8-28-17)19(26)10-18-23-24-20(21)29-18/h2-6,9,11,17H,7-8,10,12H2,1H3,(H2,21,24). The zero-order valence-electron chi connectivity index (χ0n) is 15.9. The zero-order valence-corrected chi connectivity index (χ0v) is 16.8. The number of hydrogen-bond acceptors (Lipinski definition) is 8. The van der Waals surface area contributed by atoms with Crippen molar-refractivity contribution in [3.05, 3.63) is 53.3 Å². The summed E-state index contributed by atoms with van der Waals surface area (Å²) < 4.78 is 11.1. The van der Waals surface area contributed by atoms with Crippen LogP contribution in [0.25, 0.3) is 11.1 Å². The van der Waals surface area contributed by atoms with Crippen LogP contribution in [-0.4, -0.2) is 52.8 Å². The molecule has 3 aromatic rings. The molecule has 8 nitrogen and oxygen atoms in total. The third-order valence-electron chi connectivity index (χ3n) is 4.72. The first kappa shape index (κ1) is 19.3. The van der Waals surface area contributed by atoms with Crippen LogP contribution in [-0.2, 0) is 16.0 Å². The van der Waals surface area contributed by atoms with Crippen molar-refractivity contribution >= 4 is 22.4 Å². The molecule has 0 radical (unpaired) electrons. The van der Waals surface area contributed by atoms with Gasteiger partial charge in [-0.15, -0.1) is 10.2 Å². The molecule has 2 N–H and O–H groups in total. The van der Waals surface area contributed by atoms with Crippen LogP contribution in [0.15, 0.2) is 42.6 Å². The van der Waals surface area contributed by atoms with E-state index in [0.717, 1.165) is 22.6 Å². The number of amides is 1. The lowest BCUT2D eigenvalue weighted by Crippen LogP contribution is -2.43. The number of nitrogens with two attached hydrogens (primary N) is 1. The largest absolute Gasteiger partial charge is 0.497 e. The Morgan fingerprint density at radius 1 is 1.31 bits per heavy atom. The third kappa shape index (κ3) is 4.52. The lowest BCUT2D eigenvalue weighted by atomic mass is 10.1. The molecule has 1 atom stereocenters. The summed E-state index contributed by atoms with van der Waals surface area (Å²) >= 11 is 1.23. The van der Waals surface area contributed by atoms with Gasteiger partial charge in [0, 0.05) is 18.3 Å². The highest BCUT2D eigenvalue weighted by atomic mass is 32.1. The summed E-state index contributed by atoms with van der Waals surface area (Å²) in [6, 6.07) is 11.8. The predicted octanol–water partition coefficient (Wildman–Crippen LogP) is 2.33. The number of benzene rings is 1. The van der Waals surface area contributed by atoms with Crippen molar-refractivity contribution in [2.24, 2.45) is 0 Å². The monoisotopic (exact) mass is 411 g/mol. The molecular weight excluding hydrogens is 390 g/mol. The number of methoxy groups -OCH3 is 1. The molecule has 2 aromatic heterocycles. The minimum atomic E-state index is -0.258. The molecule has 1 unspecified atom stereocenters. The number of morpholine rings is 1. The van der Waals surface area contributed by atoms with Gasteiger partial charge in [0.15, 0.2) is 0 Å². The van der Waals surface area contributed by atoms with E-state index in [1.807, 2.05) is 42.6 Å². The molecule has 0 aliphatic carbocycles. The lowest BCUT2D eigenvalue weighted by molar-refractivity contribution is -0.138. The number of nitrogens with zero attached hydrogens (tertiary/aromatic N) is 4. The maximum Gasteiger partial charge on any atom is 0.229 e. The summed E-state index contributed by atoms with van der Waals surface area (Å²) in [6.45, 7) is 1.47. The van der Waals surface area contributed by atoms with Crippen LogP contribution in [0.2, 0.25) is 0 Å². The Balaban J connectivity index is 1.43. The van der Waals surface area contributed by atoms with Crippen LogP contribution < -0.4 is 10.5 Å². The van der Waals surface area contributed by atoms with Crippen molar-refractivity contribution < 1.29 is 14.3 Å². The Hall–Kier alpha value is -3.04. The van der Waals surface area contributed by atoms with Gasteiger partial charge in [0.05, 0.1) is 32.4 Å². The number of rotatable bonds is 5. The van der Waals surface area contributed by atoms with Gasteiger partial charge >= 0.3 is 0 Å². The van der Waals surface area contributed by atoms with Crippen molar-refractivity contribution in [3.8, 4) is 16.9 Å². The minimum Gasteiger partial charge on any atom is -0.497 e. The van der Waals surface area contributed by atoms with Crippen LogP contribution in [0.4, 0.5) is 5.13 Å². The summed E-state index contributed by atoms with van der Waals surface area (Å²) in [6.07, 6.45) is 1.76. The van der Waals surface area contributed by atoms with E-state index in [1.165, 1.54) is 11.3 Å². The van der Waals surface area contributed by atoms with Crippen molar-refractivity contribution in [2.75, 3.05) is 32.5 Å². The molecule has 0 spiro atoms. The first-order chi connectivity index (χ1) is 14.1. The number of hydrogen-bond donors (Lipinski definition) is 1. The van der Waals surface area contributed by atoms with Crippen LogP contribution >= 0.6 is 11.3 Å². The minimum absolute atomic E-state index is 0.0116. The summed E-state index contributed by atoms with van der Waals surface area (Å²) in [5.41, 5.74) is 8.41. The summed E-state index contributed by atoms with van der Waals surface area (Å²) in [5, 5.41) is 8.67. The molecule has 150 valence electrons. The zero-order chi connectivity index (χ0) is 20.2. The SMILES string of the molecule is COc1cccc(-c2ccc(C3CN(C(=O)Cc4nnc(N)s4)CCO3)nc2)c1. The number of aromatic nitrogens is 3. The van der Waals surface area contributed by atoms with E-state index in [0.29, 0.717) is 29.8 Å². The number of carbonyl (C=O) groups is 1. The molecule has 1 aliphatic heterocycles. The molecular formula is C20H21N5O3S. The number of pyridine rings is 1. The van der Waals surface area contributed by atoms with Gasteiger partial charge < -0.3 is 20.1 Å². The van der Waals surface area contributed by atoms with Crippen molar-refractivity contribution in [2.45, 2.75) is 12.5 Å². The van der Waals surface area contributed by atoms with Crippen LogP contribution in [0.3, 0.4) is 0 Å². The molecule has 1 fully saturated rings. The number of carbonyl (C=O) groups excluding carboxylic acids is 1. The molecule has 1 aliphatic rings. The second-order valence-electron chi connectivity index (χ2n) is 6.61. The highest BCUT2D eigenvalue weighted by Crippen LogP contribution is 2.26. The van der Waals surface area contributed by atoms with E-state index in [2.05, 4.69) is 15.2 Å². The maximum atomic E-state index is 12.6. The van der Waals surface area contributed by atoms with Gasteiger partial charge in [-0.1, -0.05) is 29.5 Å². The quantitative estimate of drug-likeness (QED) is 0.687. The van der Waals surface area contributed by atoms with E-state index in [9.17, 15) is 4.79 Å². The summed E-state index contributed by atoms with van der Waals surface area (Å²) in [4.78, 5) is 18.9. The highest BCUT2D eigenvalue weighted by molar-refractivity contribution is 7.15. The van der Waals surface area contributed by atoms with Crippen LogP contribution in [0.5, 0.6) is 5.75 Å². The van der Waals surface area contributed by atoms with E-state index >= 15 is 0 Å². The second kappa shape index (κ2) is 8.54. The molecule has 1 amide bonds. The Morgan fingerprint density at radius 2 is 2.21 bits per heavy atom.